The number of carbonyl (C=O) groups excluding carboxylic acids is 2. The first-order valence-corrected chi connectivity index (χ1v) is 10.1. The summed E-state index contributed by atoms with van der Waals surface area (Å²) in [6.07, 6.45) is 1.54. The van der Waals surface area contributed by atoms with Gasteiger partial charge in [-0.05, 0) is 36.2 Å². The Morgan fingerprint density at radius 3 is 2.71 bits per heavy atom. The summed E-state index contributed by atoms with van der Waals surface area (Å²) in [5.41, 5.74) is 2.88. The highest BCUT2D eigenvalue weighted by atomic mass is 32.1. The summed E-state index contributed by atoms with van der Waals surface area (Å²) >= 11 is 1.61. The Hall–Kier alpha value is -2.93. The maximum Gasteiger partial charge on any atom is 0.317 e. The van der Waals surface area contributed by atoms with Crippen molar-refractivity contribution < 1.29 is 9.59 Å². The molecule has 28 heavy (non-hydrogen) atoms. The molecule has 0 radical (unpaired) electrons. The molecule has 6 nitrogen and oxygen atoms in total. The third kappa shape index (κ3) is 3.99. The zero-order valence-corrected chi connectivity index (χ0v) is 16.5. The third-order valence-corrected chi connectivity index (χ3v) is 5.84. The van der Waals surface area contributed by atoms with Crippen LogP contribution in [0.5, 0.6) is 0 Å². The first-order valence-electron chi connectivity index (χ1n) is 9.33. The quantitative estimate of drug-likeness (QED) is 0.716. The number of urea groups is 1. The smallest absolute Gasteiger partial charge is 0.317 e. The first kappa shape index (κ1) is 18.4. The van der Waals surface area contributed by atoms with Crippen LogP contribution in [0.4, 0.5) is 10.5 Å². The summed E-state index contributed by atoms with van der Waals surface area (Å²) in [5, 5.41) is 3.85. The molecule has 7 heteroatoms. The van der Waals surface area contributed by atoms with Crippen molar-refractivity contribution in [3.8, 4) is 0 Å². The second-order valence-electron chi connectivity index (χ2n) is 6.91. The molecule has 0 bridgehead atoms. The number of fused-ring (bicyclic) bond motifs is 1. The lowest BCUT2D eigenvalue weighted by molar-refractivity contribution is -0.117. The van der Waals surface area contributed by atoms with Crippen molar-refractivity contribution in [3.63, 3.8) is 0 Å². The van der Waals surface area contributed by atoms with Crippen LogP contribution in [0.15, 0.2) is 48.5 Å². The minimum absolute atomic E-state index is 0.141. The fourth-order valence-corrected chi connectivity index (χ4v) is 4.31. The van der Waals surface area contributed by atoms with Gasteiger partial charge in [0.05, 0.1) is 16.8 Å². The number of thiazole rings is 1. The standard InChI is InChI=1S/C21H22N4O2S/c1-24(14-19-23-17-5-2-3-6-18(17)28-19)21(27)22-13-15-8-10-16(11-9-15)25-12-4-7-20(25)26/h2-3,5-6,8-11H,4,7,12-14H2,1H3,(H,22,27). The van der Waals surface area contributed by atoms with E-state index in [0.717, 1.165) is 39.4 Å². The average Bonchev–Trinajstić information content (AvgIpc) is 3.31. The van der Waals surface area contributed by atoms with Gasteiger partial charge in [-0.15, -0.1) is 11.3 Å². The third-order valence-electron chi connectivity index (χ3n) is 4.82. The monoisotopic (exact) mass is 394 g/mol. The van der Waals surface area contributed by atoms with Crippen molar-refractivity contribution in [3.05, 3.63) is 59.1 Å². The van der Waals surface area contributed by atoms with Gasteiger partial charge in [0.2, 0.25) is 5.91 Å². The molecule has 2 heterocycles. The summed E-state index contributed by atoms with van der Waals surface area (Å²) in [7, 11) is 1.77. The zero-order valence-electron chi connectivity index (χ0n) is 15.7. The average molecular weight is 395 g/mol. The van der Waals surface area contributed by atoms with Gasteiger partial charge in [-0.1, -0.05) is 24.3 Å². The van der Waals surface area contributed by atoms with E-state index in [1.54, 1.807) is 23.3 Å². The number of rotatable bonds is 5. The Labute approximate surface area is 167 Å². The molecule has 4 rings (SSSR count). The van der Waals surface area contributed by atoms with Crippen LogP contribution in [0, 0.1) is 0 Å². The van der Waals surface area contributed by atoms with Crippen molar-refractivity contribution in [2.45, 2.75) is 25.9 Å². The molecule has 0 unspecified atom stereocenters. The number of anilines is 1. The van der Waals surface area contributed by atoms with E-state index in [1.165, 1.54) is 0 Å². The molecule has 0 aliphatic carbocycles. The Morgan fingerprint density at radius 2 is 2.00 bits per heavy atom. The Morgan fingerprint density at radius 1 is 1.21 bits per heavy atom. The van der Waals surface area contributed by atoms with Crippen molar-refractivity contribution >= 4 is 39.2 Å². The number of para-hydroxylation sites is 1. The van der Waals surface area contributed by atoms with Crippen LogP contribution in [0.2, 0.25) is 0 Å². The second kappa shape index (κ2) is 7.98. The molecular weight excluding hydrogens is 372 g/mol. The fraction of sp³-hybridized carbons (Fsp3) is 0.286. The molecule has 1 aliphatic heterocycles. The molecule has 0 saturated carbocycles. The largest absolute Gasteiger partial charge is 0.334 e. The van der Waals surface area contributed by atoms with Gasteiger partial charge in [-0.3, -0.25) is 4.79 Å². The summed E-state index contributed by atoms with van der Waals surface area (Å²) in [6.45, 7) is 1.70. The fourth-order valence-electron chi connectivity index (χ4n) is 3.29. The Balaban J connectivity index is 1.31. The van der Waals surface area contributed by atoms with E-state index in [-0.39, 0.29) is 11.9 Å². The number of hydrogen-bond acceptors (Lipinski definition) is 4. The van der Waals surface area contributed by atoms with Crippen LogP contribution >= 0.6 is 11.3 Å². The normalized spacial score (nSPS) is 13.9. The van der Waals surface area contributed by atoms with Gasteiger partial charge >= 0.3 is 6.03 Å². The second-order valence-corrected chi connectivity index (χ2v) is 8.02. The highest BCUT2D eigenvalue weighted by Gasteiger charge is 2.21. The lowest BCUT2D eigenvalue weighted by Crippen LogP contribution is -2.36. The van der Waals surface area contributed by atoms with Gasteiger partial charge in [0.1, 0.15) is 5.01 Å². The molecule has 1 aromatic heterocycles. The molecule has 1 saturated heterocycles. The van der Waals surface area contributed by atoms with Gasteiger partial charge in [-0.2, -0.15) is 0 Å². The van der Waals surface area contributed by atoms with Gasteiger partial charge in [0.25, 0.3) is 0 Å². The van der Waals surface area contributed by atoms with Crippen molar-refractivity contribution in [1.29, 1.82) is 0 Å². The molecule has 1 fully saturated rings. The van der Waals surface area contributed by atoms with Crippen LogP contribution in [0.3, 0.4) is 0 Å². The van der Waals surface area contributed by atoms with Crippen LogP contribution in [-0.2, 0) is 17.9 Å². The molecule has 1 aliphatic rings. The molecule has 0 atom stereocenters. The zero-order chi connectivity index (χ0) is 19.5. The van der Waals surface area contributed by atoms with Crippen molar-refractivity contribution in [2.24, 2.45) is 0 Å². The minimum atomic E-state index is -0.141. The van der Waals surface area contributed by atoms with E-state index in [9.17, 15) is 9.59 Å². The van der Waals surface area contributed by atoms with Crippen molar-refractivity contribution in [2.75, 3.05) is 18.5 Å². The highest BCUT2D eigenvalue weighted by Crippen LogP contribution is 2.23. The first-order chi connectivity index (χ1) is 13.6. The molecule has 2 aromatic carbocycles. The van der Waals surface area contributed by atoms with E-state index in [0.29, 0.717) is 19.5 Å². The number of amides is 3. The summed E-state index contributed by atoms with van der Waals surface area (Å²) in [5.74, 6) is 0.178. The topological polar surface area (TPSA) is 65.5 Å². The van der Waals surface area contributed by atoms with E-state index >= 15 is 0 Å². The maximum atomic E-state index is 12.4. The van der Waals surface area contributed by atoms with E-state index in [4.69, 9.17) is 0 Å². The number of carbonyl (C=O) groups is 2. The number of hydrogen-bond donors (Lipinski definition) is 1. The van der Waals surface area contributed by atoms with Gasteiger partial charge in [0, 0.05) is 32.2 Å². The van der Waals surface area contributed by atoms with Crippen LogP contribution < -0.4 is 10.2 Å². The van der Waals surface area contributed by atoms with Gasteiger partial charge in [-0.25, -0.2) is 9.78 Å². The van der Waals surface area contributed by atoms with Gasteiger partial charge < -0.3 is 15.1 Å². The van der Waals surface area contributed by atoms with Gasteiger partial charge in [0.15, 0.2) is 0 Å². The highest BCUT2D eigenvalue weighted by molar-refractivity contribution is 7.18. The lowest BCUT2D eigenvalue weighted by Gasteiger charge is -2.18. The van der Waals surface area contributed by atoms with Crippen LogP contribution in [0.1, 0.15) is 23.4 Å². The lowest BCUT2D eigenvalue weighted by atomic mass is 10.2. The molecule has 3 amide bonds. The van der Waals surface area contributed by atoms with Crippen LogP contribution in [0.25, 0.3) is 10.2 Å². The maximum absolute atomic E-state index is 12.4. The molecule has 144 valence electrons. The van der Waals surface area contributed by atoms with Crippen molar-refractivity contribution in [1.82, 2.24) is 15.2 Å². The Bertz CT molecular complexity index is 966. The minimum Gasteiger partial charge on any atom is -0.334 e. The number of aromatic nitrogens is 1. The number of benzene rings is 2. The molecule has 0 spiro atoms. The van der Waals surface area contributed by atoms with E-state index in [1.807, 2.05) is 53.4 Å². The summed E-state index contributed by atoms with van der Waals surface area (Å²) in [6, 6.07) is 15.6. The molecular formula is C21H22N4O2S. The van der Waals surface area contributed by atoms with Crippen LogP contribution in [-0.4, -0.2) is 35.4 Å². The molecule has 1 N–H and O–H groups in total. The van der Waals surface area contributed by atoms with E-state index in [2.05, 4.69) is 10.3 Å². The predicted molar refractivity (Wildman–Crippen MR) is 111 cm³/mol. The number of nitrogens with one attached hydrogen (secondary N) is 1. The van der Waals surface area contributed by atoms with E-state index < -0.39 is 0 Å². The molecule has 3 aromatic rings. The Kier molecular flexibility index (Phi) is 5.25. The number of nitrogens with zero attached hydrogens (tertiary/aromatic N) is 3. The summed E-state index contributed by atoms with van der Waals surface area (Å²) in [4.78, 5) is 32.2. The SMILES string of the molecule is CN(Cc1nc2ccccc2s1)C(=O)NCc1ccc(N2CCCC2=O)cc1. The summed E-state index contributed by atoms with van der Waals surface area (Å²) < 4.78 is 1.13. The predicted octanol–water partition coefficient (Wildman–Crippen LogP) is 3.76.